The van der Waals surface area contributed by atoms with Gasteiger partial charge in [-0.1, -0.05) is 17.7 Å². The van der Waals surface area contributed by atoms with Crippen LogP contribution in [0.15, 0.2) is 59.4 Å². The molecule has 0 radical (unpaired) electrons. The summed E-state index contributed by atoms with van der Waals surface area (Å²) in [6.45, 7) is 3.80. The molecular formula is C24H22ClFN6O2. The maximum atomic E-state index is 14.8. The van der Waals surface area contributed by atoms with Gasteiger partial charge in [-0.25, -0.2) is 9.37 Å². The molecule has 2 aromatic heterocycles. The predicted octanol–water partition coefficient (Wildman–Crippen LogP) is 3.46. The summed E-state index contributed by atoms with van der Waals surface area (Å²) in [6.07, 6.45) is 0. The van der Waals surface area contributed by atoms with Gasteiger partial charge in [0.25, 0.3) is 5.56 Å². The first-order chi connectivity index (χ1) is 16.5. The van der Waals surface area contributed by atoms with Crippen molar-refractivity contribution in [2.45, 2.75) is 0 Å². The average Bonchev–Trinajstić information content (AvgIpc) is 2.85. The molecule has 0 aliphatic carbocycles. The zero-order chi connectivity index (χ0) is 23.7. The van der Waals surface area contributed by atoms with E-state index in [4.69, 9.17) is 16.4 Å². The molecule has 10 heteroatoms. The molecule has 0 bridgehead atoms. The van der Waals surface area contributed by atoms with Crippen LogP contribution in [-0.2, 0) is 0 Å². The topological polar surface area (TPSA) is 84.3 Å². The summed E-state index contributed by atoms with van der Waals surface area (Å²) in [7, 11) is 1.36. The van der Waals surface area contributed by atoms with E-state index in [0.717, 1.165) is 42.3 Å². The number of fused-ring (bicyclic) bond motifs is 1. The zero-order valence-corrected chi connectivity index (χ0v) is 19.1. The number of rotatable bonds is 5. The standard InChI is InChI=1S/C24H22ClFN6O2/c1-34-32-20(33)10-9-17-22(21-18(25)3-2-4-19(21)26)29-24(30-23(17)32)28-15-5-7-16(8-6-15)31-13-11-27-12-14-31/h2-10,27H,11-14H2,1H3,(H,28,29,30). The van der Waals surface area contributed by atoms with Gasteiger partial charge in [-0.15, -0.1) is 4.73 Å². The number of hydrogen-bond donors (Lipinski definition) is 2. The van der Waals surface area contributed by atoms with Gasteiger partial charge in [-0.3, -0.25) is 4.79 Å². The summed E-state index contributed by atoms with van der Waals surface area (Å²) in [5.41, 5.74) is 2.02. The summed E-state index contributed by atoms with van der Waals surface area (Å²) in [4.78, 5) is 29.0. The zero-order valence-electron chi connectivity index (χ0n) is 18.4. The van der Waals surface area contributed by atoms with Crippen LogP contribution >= 0.6 is 11.6 Å². The second-order valence-corrected chi connectivity index (χ2v) is 8.19. The van der Waals surface area contributed by atoms with Crippen molar-refractivity contribution in [2.75, 3.05) is 43.5 Å². The monoisotopic (exact) mass is 480 g/mol. The molecule has 0 unspecified atom stereocenters. The Morgan fingerprint density at radius 2 is 1.82 bits per heavy atom. The van der Waals surface area contributed by atoms with E-state index in [1.165, 1.54) is 31.4 Å². The number of pyridine rings is 1. The molecule has 2 N–H and O–H groups in total. The molecule has 1 fully saturated rings. The van der Waals surface area contributed by atoms with Crippen LogP contribution in [-0.4, -0.2) is 48.0 Å². The fourth-order valence-corrected chi connectivity index (χ4v) is 4.30. The van der Waals surface area contributed by atoms with E-state index in [-0.39, 0.29) is 27.9 Å². The first-order valence-electron chi connectivity index (χ1n) is 10.8. The van der Waals surface area contributed by atoms with Gasteiger partial charge in [0.15, 0.2) is 5.65 Å². The summed E-state index contributed by atoms with van der Waals surface area (Å²) < 4.78 is 15.9. The number of anilines is 3. The third-order valence-corrected chi connectivity index (χ3v) is 6.01. The minimum atomic E-state index is -0.533. The smallest absolute Gasteiger partial charge is 0.285 e. The van der Waals surface area contributed by atoms with Crippen molar-refractivity contribution in [1.29, 1.82) is 0 Å². The Bertz CT molecular complexity index is 1380. The predicted molar refractivity (Wildman–Crippen MR) is 132 cm³/mol. The van der Waals surface area contributed by atoms with Crippen molar-refractivity contribution in [1.82, 2.24) is 20.0 Å². The van der Waals surface area contributed by atoms with Gasteiger partial charge in [0.2, 0.25) is 5.95 Å². The van der Waals surface area contributed by atoms with Crippen molar-refractivity contribution < 1.29 is 9.23 Å². The molecule has 1 saturated heterocycles. The lowest BCUT2D eigenvalue weighted by Crippen LogP contribution is -2.43. The molecule has 5 rings (SSSR count). The van der Waals surface area contributed by atoms with E-state index in [1.54, 1.807) is 6.07 Å². The van der Waals surface area contributed by atoms with Crippen LogP contribution in [0.1, 0.15) is 0 Å². The second-order valence-electron chi connectivity index (χ2n) is 7.79. The fraction of sp³-hybridized carbons (Fsp3) is 0.208. The second kappa shape index (κ2) is 9.28. The number of piperazine rings is 1. The summed E-state index contributed by atoms with van der Waals surface area (Å²) in [5, 5.41) is 7.12. The molecule has 8 nitrogen and oxygen atoms in total. The van der Waals surface area contributed by atoms with Gasteiger partial charge >= 0.3 is 0 Å². The highest BCUT2D eigenvalue weighted by Gasteiger charge is 2.19. The largest absolute Gasteiger partial charge is 0.412 e. The summed E-state index contributed by atoms with van der Waals surface area (Å²) in [5.74, 6) is -0.359. The molecule has 174 valence electrons. The van der Waals surface area contributed by atoms with Crippen molar-refractivity contribution >= 4 is 40.0 Å². The minimum absolute atomic E-state index is 0.120. The first kappa shape index (κ1) is 22.1. The summed E-state index contributed by atoms with van der Waals surface area (Å²) >= 11 is 6.34. The summed E-state index contributed by atoms with van der Waals surface area (Å²) in [6, 6.07) is 15.2. The van der Waals surface area contributed by atoms with Gasteiger partial charge in [0.05, 0.1) is 16.3 Å². The lowest BCUT2D eigenvalue weighted by Gasteiger charge is -2.29. The normalized spacial score (nSPS) is 13.8. The maximum absolute atomic E-state index is 14.8. The van der Waals surface area contributed by atoms with E-state index in [9.17, 15) is 9.18 Å². The van der Waals surface area contributed by atoms with Crippen LogP contribution in [0.3, 0.4) is 0 Å². The van der Waals surface area contributed by atoms with E-state index in [2.05, 4.69) is 25.5 Å². The Morgan fingerprint density at radius 1 is 1.06 bits per heavy atom. The number of nitrogens with one attached hydrogen (secondary N) is 2. The average molecular weight is 481 g/mol. The van der Waals surface area contributed by atoms with Gasteiger partial charge in [-0.05, 0) is 42.5 Å². The molecule has 0 atom stereocenters. The molecule has 3 heterocycles. The van der Waals surface area contributed by atoms with Crippen LogP contribution in [0.5, 0.6) is 0 Å². The highest BCUT2D eigenvalue weighted by Crippen LogP contribution is 2.34. The van der Waals surface area contributed by atoms with E-state index >= 15 is 0 Å². The lowest BCUT2D eigenvalue weighted by molar-refractivity contribution is 0.167. The Labute approximate surface area is 199 Å². The third-order valence-electron chi connectivity index (χ3n) is 5.70. The van der Waals surface area contributed by atoms with Gasteiger partial charge in [0.1, 0.15) is 12.9 Å². The SMILES string of the molecule is COn1c(=O)ccc2c(-c3c(F)cccc3Cl)nc(Nc3ccc(N4CCNCC4)cc3)nc21. The van der Waals surface area contributed by atoms with Crippen LogP contribution in [0.2, 0.25) is 5.02 Å². The van der Waals surface area contributed by atoms with Crippen molar-refractivity contribution in [3.63, 3.8) is 0 Å². The highest BCUT2D eigenvalue weighted by atomic mass is 35.5. The molecule has 34 heavy (non-hydrogen) atoms. The van der Waals surface area contributed by atoms with Gasteiger partial charge in [-0.2, -0.15) is 4.98 Å². The minimum Gasteiger partial charge on any atom is -0.412 e. The van der Waals surface area contributed by atoms with Gasteiger partial charge < -0.3 is 20.4 Å². The third kappa shape index (κ3) is 4.15. The first-order valence-corrected chi connectivity index (χ1v) is 11.2. The Morgan fingerprint density at radius 3 is 2.53 bits per heavy atom. The lowest BCUT2D eigenvalue weighted by atomic mass is 10.1. The molecule has 1 aliphatic heterocycles. The number of halogens is 2. The number of aromatic nitrogens is 3. The molecule has 1 aliphatic rings. The molecule has 0 spiro atoms. The Kier molecular flexibility index (Phi) is 6.04. The van der Waals surface area contributed by atoms with Crippen LogP contribution in [0, 0.1) is 5.82 Å². The Hall–Kier alpha value is -3.69. The number of nitrogens with zero attached hydrogens (tertiary/aromatic N) is 4. The van der Waals surface area contributed by atoms with Gasteiger partial charge in [0, 0.05) is 49.0 Å². The quantitative estimate of drug-likeness (QED) is 0.452. The van der Waals surface area contributed by atoms with Crippen LogP contribution in [0.25, 0.3) is 22.3 Å². The number of benzene rings is 2. The Balaban J connectivity index is 1.59. The molecule has 0 amide bonds. The maximum Gasteiger partial charge on any atom is 0.285 e. The van der Waals surface area contributed by atoms with E-state index < -0.39 is 11.4 Å². The van der Waals surface area contributed by atoms with Crippen molar-refractivity contribution in [3.05, 3.63) is 75.8 Å². The molecule has 4 aromatic rings. The molecule has 2 aromatic carbocycles. The van der Waals surface area contributed by atoms with Crippen LogP contribution < -0.4 is 25.9 Å². The van der Waals surface area contributed by atoms with Crippen LogP contribution in [0.4, 0.5) is 21.7 Å². The molecular weight excluding hydrogens is 459 g/mol. The van der Waals surface area contributed by atoms with Crippen molar-refractivity contribution in [3.8, 4) is 11.3 Å². The number of hydrogen-bond acceptors (Lipinski definition) is 7. The highest BCUT2D eigenvalue weighted by molar-refractivity contribution is 6.33. The van der Waals surface area contributed by atoms with Crippen molar-refractivity contribution in [2.24, 2.45) is 0 Å². The van der Waals surface area contributed by atoms with E-state index in [0.29, 0.717) is 5.39 Å². The fourth-order valence-electron chi connectivity index (χ4n) is 4.05. The molecule has 0 saturated carbocycles. The van der Waals surface area contributed by atoms with E-state index in [1.807, 2.05) is 24.3 Å².